The maximum Gasteiger partial charge on any atom is 0.274 e. The third kappa shape index (κ3) is 4.72. The van der Waals surface area contributed by atoms with Gasteiger partial charge < -0.3 is 20.1 Å². The van der Waals surface area contributed by atoms with Gasteiger partial charge in [-0.1, -0.05) is 6.07 Å². The van der Waals surface area contributed by atoms with Crippen LogP contribution in [0.25, 0.3) is 0 Å². The number of hydrogen-bond donors (Lipinski definition) is 2. The normalized spacial score (nSPS) is 10.1. The summed E-state index contributed by atoms with van der Waals surface area (Å²) in [5.74, 6) is 0.812. The summed E-state index contributed by atoms with van der Waals surface area (Å²) in [6, 6.07) is 14.4. The highest BCUT2D eigenvalue weighted by atomic mass is 16.5. The number of pyridine rings is 2. The zero-order chi connectivity index (χ0) is 19.1. The predicted molar refractivity (Wildman–Crippen MR) is 103 cm³/mol. The molecule has 3 aromatic rings. The molecule has 2 heterocycles. The fourth-order valence-electron chi connectivity index (χ4n) is 2.47. The Morgan fingerprint density at radius 1 is 0.926 bits per heavy atom. The van der Waals surface area contributed by atoms with E-state index in [9.17, 15) is 4.79 Å². The SMILES string of the molecule is COc1ccc(NC(=O)c2cc(NCc3ccccn3)ccn2)cc1OC. The van der Waals surface area contributed by atoms with Crippen molar-refractivity contribution >= 4 is 17.3 Å². The molecule has 0 radical (unpaired) electrons. The van der Waals surface area contributed by atoms with E-state index in [-0.39, 0.29) is 5.91 Å². The van der Waals surface area contributed by atoms with Crippen LogP contribution >= 0.6 is 0 Å². The van der Waals surface area contributed by atoms with Gasteiger partial charge in [0, 0.05) is 29.8 Å². The monoisotopic (exact) mass is 364 g/mol. The minimum absolute atomic E-state index is 0.302. The second-order valence-electron chi connectivity index (χ2n) is 5.63. The zero-order valence-corrected chi connectivity index (χ0v) is 15.1. The van der Waals surface area contributed by atoms with Crippen molar-refractivity contribution in [1.29, 1.82) is 0 Å². The summed E-state index contributed by atoms with van der Waals surface area (Å²) in [4.78, 5) is 20.9. The predicted octanol–water partition coefficient (Wildman–Crippen LogP) is 3.36. The molecule has 0 bridgehead atoms. The lowest BCUT2D eigenvalue weighted by Crippen LogP contribution is -2.14. The van der Waals surface area contributed by atoms with Crippen molar-refractivity contribution in [3.63, 3.8) is 0 Å². The van der Waals surface area contributed by atoms with Gasteiger partial charge >= 0.3 is 0 Å². The van der Waals surface area contributed by atoms with Crippen LogP contribution in [0.1, 0.15) is 16.2 Å². The van der Waals surface area contributed by atoms with E-state index in [1.807, 2.05) is 18.2 Å². The molecular formula is C20H20N4O3. The molecule has 0 spiro atoms. The molecule has 1 aromatic carbocycles. The molecule has 0 aliphatic rings. The minimum Gasteiger partial charge on any atom is -0.493 e. The summed E-state index contributed by atoms with van der Waals surface area (Å²) in [6.45, 7) is 0.557. The summed E-state index contributed by atoms with van der Waals surface area (Å²) < 4.78 is 10.4. The summed E-state index contributed by atoms with van der Waals surface area (Å²) in [6.07, 6.45) is 3.33. The Morgan fingerprint density at radius 3 is 2.52 bits per heavy atom. The molecule has 138 valence electrons. The molecule has 7 heteroatoms. The third-order valence-electron chi connectivity index (χ3n) is 3.83. The molecule has 3 rings (SSSR count). The molecule has 1 amide bonds. The van der Waals surface area contributed by atoms with Crippen LogP contribution in [0.15, 0.2) is 60.9 Å². The first-order valence-corrected chi connectivity index (χ1v) is 8.33. The van der Waals surface area contributed by atoms with Crippen LogP contribution in [0.5, 0.6) is 11.5 Å². The Kier molecular flexibility index (Phi) is 5.84. The summed E-state index contributed by atoms with van der Waals surface area (Å²) >= 11 is 0. The number of carbonyl (C=O) groups is 1. The summed E-state index contributed by atoms with van der Waals surface area (Å²) in [5.41, 5.74) is 2.58. The highest BCUT2D eigenvalue weighted by Gasteiger charge is 2.11. The molecule has 2 aromatic heterocycles. The summed E-state index contributed by atoms with van der Waals surface area (Å²) in [5, 5.41) is 6.04. The average molecular weight is 364 g/mol. The first-order chi connectivity index (χ1) is 13.2. The van der Waals surface area contributed by atoms with Crippen molar-refractivity contribution in [3.05, 3.63) is 72.3 Å². The Bertz CT molecular complexity index is 916. The van der Waals surface area contributed by atoms with Crippen LogP contribution < -0.4 is 20.1 Å². The number of anilines is 2. The number of rotatable bonds is 7. The molecule has 0 atom stereocenters. The number of hydrogen-bond acceptors (Lipinski definition) is 6. The van der Waals surface area contributed by atoms with Gasteiger partial charge in [-0.15, -0.1) is 0 Å². The molecule has 2 N–H and O–H groups in total. The topological polar surface area (TPSA) is 85.4 Å². The minimum atomic E-state index is -0.316. The van der Waals surface area contributed by atoms with Gasteiger partial charge in [0.25, 0.3) is 5.91 Å². The molecule has 0 aliphatic heterocycles. The molecule has 27 heavy (non-hydrogen) atoms. The largest absolute Gasteiger partial charge is 0.493 e. The van der Waals surface area contributed by atoms with Gasteiger partial charge in [0.1, 0.15) is 5.69 Å². The molecular weight excluding hydrogens is 344 g/mol. The first-order valence-electron chi connectivity index (χ1n) is 8.33. The number of amides is 1. The van der Waals surface area contributed by atoms with Gasteiger partial charge in [0.2, 0.25) is 0 Å². The van der Waals surface area contributed by atoms with E-state index in [1.165, 1.54) is 0 Å². The lowest BCUT2D eigenvalue weighted by atomic mass is 10.2. The van der Waals surface area contributed by atoms with Crippen LogP contribution in [0.2, 0.25) is 0 Å². The number of carbonyl (C=O) groups excluding carboxylic acids is 1. The van der Waals surface area contributed by atoms with Gasteiger partial charge in [-0.3, -0.25) is 14.8 Å². The molecule has 0 unspecified atom stereocenters. The fourth-order valence-corrected chi connectivity index (χ4v) is 2.47. The van der Waals surface area contributed by atoms with Gasteiger partial charge in [-0.05, 0) is 36.4 Å². The van der Waals surface area contributed by atoms with Crippen molar-refractivity contribution in [3.8, 4) is 11.5 Å². The van der Waals surface area contributed by atoms with Crippen molar-refractivity contribution in [2.24, 2.45) is 0 Å². The van der Waals surface area contributed by atoms with Gasteiger partial charge in [0.05, 0.1) is 26.5 Å². The summed E-state index contributed by atoms with van der Waals surface area (Å²) in [7, 11) is 3.10. The number of nitrogens with zero attached hydrogens (tertiary/aromatic N) is 2. The molecule has 0 aliphatic carbocycles. The smallest absolute Gasteiger partial charge is 0.274 e. The maximum absolute atomic E-state index is 12.5. The van der Waals surface area contributed by atoms with E-state index in [0.29, 0.717) is 29.4 Å². The van der Waals surface area contributed by atoms with Crippen LogP contribution in [-0.4, -0.2) is 30.1 Å². The van der Waals surface area contributed by atoms with E-state index in [4.69, 9.17) is 9.47 Å². The van der Waals surface area contributed by atoms with E-state index in [1.54, 1.807) is 56.9 Å². The second kappa shape index (κ2) is 8.66. The number of aromatic nitrogens is 2. The van der Waals surface area contributed by atoms with Crippen LogP contribution in [0.4, 0.5) is 11.4 Å². The molecule has 0 fully saturated rings. The molecule has 0 saturated carbocycles. The Labute approximate surface area is 157 Å². The zero-order valence-electron chi connectivity index (χ0n) is 15.1. The molecule has 0 saturated heterocycles. The van der Waals surface area contributed by atoms with Crippen LogP contribution in [-0.2, 0) is 6.54 Å². The quantitative estimate of drug-likeness (QED) is 0.669. The lowest BCUT2D eigenvalue weighted by molar-refractivity contribution is 0.102. The highest BCUT2D eigenvalue weighted by molar-refractivity contribution is 6.03. The molecule has 7 nitrogen and oxygen atoms in total. The van der Waals surface area contributed by atoms with E-state index in [0.717, 1.165) is 11.4 Å². The van der Waals surface area contributed by atoms with Gasteiger partial charge in [-0.25, -0.2) is 0 Å². The third-order valence-corrected chi connectivity index (χ3v) is 3.83. The maximum atomic E-state index is 12.5. The number of ether oxygens (including phenoxy) is 2. The standard InChI is InChI=1S/C20H20N4O3/c1-26-18-7-6-15(12-19(18)27-2)24-20(25)17-11-14(8-10-22-17)23-13-16-5-3-4-9-21-16/h3-12H,13H2,1-2H3,(H,22,23)(H,24,25). The van der Waals surface area contributed by atoms with Crippen molar-refractivity contribution in [2.75, 3.05) is 24.9 Å². The highest BCUT2D eigenvalue weighted by Crippen LogP contribution is 2.29. The van der Waals surface area contributed by atoms with Gasteiger partial charge in [-0.2, -0.15) is 0 Å². The van der Waals surface area contributed by atoms with E-state index in [2.05, 4.69) is 20.6 Å². The Hall–Kier alpha value is -3.61. The van der Waals surface area contributed by atoms with E-state index >= 15 is 0 Å². The number of methoxy groups -OCH3 is 2. The van der Waals surface area contributed by atoms with Crippen molar-refractivity contribution in [2.45, 2.75) is 6.54 Å². The average Bonchev–Trinajstić information content (AvgIpc) is 2.73. The number of benzene rings is 1. The van der Waals surface area contributed by atoms with Crippen molar-refractivity contribution in [1.82, 2.24) is 9.97 Å². The van der Waals surface area contributed by atoms with E-state index < -0.39 is 0 Å². The first kappa shape index (κ1) is 18.2. The lowest BCUT2D eigenvalue weighted by Gasteiger charge is -2.11. The fraction of sp³-hybridized carbons (Fsp3) is 0.150. The van der Waals surface area contributed by atoms with Crippen molar-refractivity contribution < 1.29 is 14.3 Å². The Balaban J connectivity index is 1.68. The van der Waals surface area contributed by atoms with Crippen LogP contribution in [0.3, 0.4) is 0 Å². The van der Waals surface area contributed by atoms with Gasteiger partial charge in [0.15, 0.2) is 11.5 Å². The number of nitrogens with one attached hydrogen (secondary N) is 2. The van der Waals surface area contributed by atoms with Crippen LogP contribution in [0, 0.1) is 0 Å². The Morgan fingerprint density at radius 2 is 1.78 bits per heavy atom. The second-order valence-corrected chi connectivity index (χ2v) is 5.63.